The molecule has 272 valence electrons. The zero-order valence-electron chi connectivity index (χ0n) is 29.1. The standard InChI is InChI=1S/C40H36Cl2FN5O5/c1-24-13-17-47(18-14-24)16-5-19-52-37-23-31-28(22-36(37)51-2)34(12-15-44-31)53-35-11-9-26(21-30(35)43)45-40(50)38-39(49)27-6-3-4-7-32(27)48(46-38)33-10-8-25(41)20-29(33)42/h3-4,6-12,15,20-24H,5,13-14,16-19H2,1-2H3,(H,45,50). The lowest BCUT2D eigenvalue weighted by atomic mass is 9.99. The maximum atomic E-state index is 15.5. The number of nitrogens with one attached hydrogen (secondary N) is 1. The fourth-order valence-electron chi connectivity index (χ4n) is 6.38. The molecule has 1 amide bonds. The average Bonchev–Trinajstić information content (AvgIpc) is 3.15. The lowest BCUT2D eigenvalue weighted by molar-refractivity contribution is 0.102. The molecule has 0 saturated carbocycles. The maximum Gasteiger partial charge on any atom is 0.280 e. The first kappa shape index (κ1) is 36.1. The van der Waals surface area contributed by atoms with Crippen molar-refractivity contribution in [2.75, 3.05) is 38.7 Å². The molecule has 4 aromatic carbocycles. The Morgan fingerprint density at radius 1 is 0.943 bits per heavy atom. The molecule has 3 heterocycles. The Morgan fingerprint density at radius 3 is 2.53 bits per heavy atom. The van der Waals surface area contributed by atoms with Crippen molar-refractivity contribution in [3.63, 3.8) is 0 Å². The summed E-state index contributed by atoms with van der Waals surface area (Å²) in [5.41, 5.74) is 0.517. The largest absolute Gasteiger partial charge is 0.493 e. The van der Waals surface area contributed by atoms with Crippen LogP contribution in [0.4, 0.5) is 10.1 Å². The van der Waals surface area contributed by atoms with Gasteiger partial charge in [0.2, 0.25) is 5.43 Å². The van der Waals surface area contributed by atoms with E-state index in [0.29, 0.717) is 51.0 Å². The molecule has 1 saturated heterocycles. The minimum Gasteiger partial charge on any atom is -0.493 e. The quantitative estimate of drug-likeness (QED) is 0.131. The lowest BCUT2D eigenvalue weighted by Gasteiger charge is -2.30. The number of amides is 1. The van der Waals surface area contributed by atoms with E-state index in [0.717, 1.165) is 38.0 Å². The highest BCUT2D eigenvalue weighted by Gasteiger charge is 2.21. The van der Waals surface area contributed by atoms with E-state index in [9.17, 15) is 9.59 Å². The van der Waals surface area contributed by atoms with Crippen molar-refractivity contribution in [1.82, 2.24) is 19.7 Å². The van der Waals surface area contributed by atoms with Gasteiger partial charge in [-0.3, -0.25) is 14.6 Å². The van der Waals surface area contributed by atoms with Gasteiger partial charge in [0.1, 0.15) is 5.75 Å². The molecule has 7 rings (SSSR count). The summed E-state index contributed by atoms with van der Waals surface area (Å²) in [5.74, 6) is 0.521. The van der Waals surface area contributed by atoms with E-state index in [1.165, 1.54) is 35.7 Å². The highest BCUT2D eigenvalue weighted by atomic mass is 35.5. The molecule has 6 aromatic rings. The highest BCUT2D eigenvalue weighted by molar-refractivity contribution is 6.35. The van der Waals surface area contributed by atoms with Gasteiger partial charge < -0.3 is 24.4 Å². The van der Waals surface area contributed by atoms with E-state index < -0.39 is 22.8 Å². The molecule has 0 spiro atoms. The molecular weight excluding hydrogens is 720 g/mol. The summed E-state index contributed by atoms with van der Waals surface area (Å²) in [6.07, 6.45) is 4.92. The molecule has 0 radical (unpaired) electrons. The van der Waals surface area contributed by atoms with Gasteiger partial charge >= 0.3 is 0 Å². The summed E-state index contributed by atoms with van der Waals surface area (Å²) in [6, 6.07) is 20.6. The second kappa shape index (κ2) is 15.8. The molecule has 0 atom stereocenters. The number of halogens is 3. The number of pyridine rings is 1. The molecule has 1 N–H and O–H groups in total. The molecule has 13 heteroatoms. The van der Waals surface area contributed by atoms with E-state index in [1.54, 1.807) is 67.9 Å². The Kier molecular flexibility index (Phi) is 10.8. The number of anilines is 1. The van der Waals surface area contributed by atoms with Crippen LogP contribution in [0.3, 0.4) is 0 Å². The number of rotatable bonds is 11. The molecule has 10 nitrogen and oxygen atoms in total. The third kappa shape index (κ3) is 7.92. The zero-order valence-corrected chi connectivity index (χ0v) is 30.6. The predicted octanol–water partition coefficient (Wildman–Crippen LogP) is 8.93. The van der Waals surface area contributed by atoms with Gasteiger partial charge in [0.15, 0.2) is 28.8 Å². The number of nitrogens with zero attached hydrogens (tertiary/aromatic N) is 4. The first-order valence-electron chi connectivity index (χ1n) is 17.3. The molecule has 0 unspecified atom stereocenters. The molecule has 0 bridgehead atoms. The van der Waals surface area contributed by atoms with Crippen molar-refractivity contribution in [3.05, 3.63) is 117 Å². The van der Waals surface area contributed by atoms with Gasteiger partial charge in [-0.15, -0.1) is 0 Å². The van der Waals surface area contributed by atoms with Gasteiger partial charge in [-0.05, 0) is 92.9 Å². The Labute approximate surface area is 315 Å². The van der Waals surface area contributed by atoms with Crippen LogP contribution >= 0.6 is 23.2 Å². The number of aromatic nitrogens is 3. The van der Waals surface area contributed by atoms with Crippen LogP contribution in [0.1, 0.15) is 36.7 Å². The van der Waals surface area contributed by atoms with Gasteiger partial charge in [0, 0.05) is 41.0 Å². The van der Waals surface area contributed by atoms with E-state index in [1.807, 2.05) is 0 Å². The number of piperidine rings is 1. The molecule has 1 aliphatic rings. The Bertz CT molecular complexity index is 2380. The van der Waals surface area contributed by atoms with Crippen molar-refractivity contribution in [1.29, 1.82) is 0 Å². The van der Waals surface area contributed by atoms with Crippen LogP contribution in [0.15, 0.2) is 89.9 Å². The summed E-state index contributed by atoms with van der Waals surface area (Å²) in [7, 11) is 1.56. The first-order chi connectivity index (χ1) is 25.7. The smallest absolute Gasteiger partial charge is 0.280 e. The zero-order chi connectivity index (χ0) is 37.1. The van der Waals surface area contributed by atoms with Crippen molar-refractivity contribution < 1.29 is 23.4 Å². The minimum absolute atomic E-state index is 0.0863. The summed E-state index contributed by atoms with van der Waals surface area (Å²) in [4.78, 5) is 33.8. The Morgan fingerprint density at radius 2 is 1.75 bits per heavy atom. The number of fused-ring (bicyclic) bond motifs is 2. The fraction of sp³-hybridized carbons (Fsp3) is 0.250. The van der Waals surface area contributed by atoms with E-state index in [2.05, 4.69) is 27.2 Å². The van der Waals surface area contributed by atoms with Gasteiger partial charge in [0.05, 0.1) is 40.8 Å². The number of para-hydroxylation sites is 1. The van der Waals surface area contributed by atoms with E-state index in [4.69, 9.17) is 37.4 Å². The lowest BCUT2D eigenvalue weighted by Crippen LogP contribution is -2.34. The molecule has 1 fully saturated rings. The van der Waals surface area contributed by atoms with Crippen molar-refractivity contribution in [2.45, 2.75) is 26.2 Å². The van der Waals surface area contributed by atoms with Crippen molar-refractivity contribution in [2.24, 2.45) is 5.92 Å². The van der Waals surface area contributed by atoms with Gasteiger partial charge in [-0.25, -0.2) is 9.07 Å². The van der Waals surface area contributed by atoms with Crippen LogP contribution in [0.2, 0.25) is 10.0 Å². The minimum atomic E-state index is -0.834. The number of hydrogen-bond donors (Lipinski definition) is 1. The van der Waals surface area contributed by atoms with Crippen LogP contribution < -0.4 is 25.0 Å². The molecule has 2 aromatic heterocycles. The predicted molar refractivity (Wildman–Crippen MR) is 205 cm³/mol. The van der Waals surface area contributed by atoms with Crippen LogP contribution in [-0.4, -0.2) is 58.9 Å². The van der Waals surface area contributed by atoms with Crippen molar-refractivity contribution in [3.8, 4) is 28.7 Å². The molecule has 0 aliphatic carbocycles. The SMILES string of the molecule is COc1cc2c(Oc3ccc(NC(=O)c4nn(-c5ccc(Cl)cc5Cl)c5ccccc5c4=O)cc3F)ccnc2cc1OCCCN1CCC(C)CC1. The third-order valence-corrected chi connectivity index (χ3v) is 9.83. The van der Waals surface area contributed by atoms with E-state index in [-0.39, 0.29) is 21.8 Å². The van der Waals surface area contributed by atoms with E-state index >= 15 is 4.39 Å². The van der Waals surface area contributed by atoms with Gasteiger partial charge in [-0.2, -0.15) is 5.10 Å². The maximum absolute atomic E-state index is 15.5. The number of likely N-dealkylation sites (tertiary alicyclic amines) is 1. The fourth-order valence-corrected chi connectivity index (χ4v) is 6.87. The normalized spacial score (nSPS) is 13.7. The summed E-state index contributed by atoms with van der Waals surface area (Å²) < 4.78 is 34.7. The van der Waals surface area contributed by atoms with Crippen LogP contribution in [-0.2, 0) is 0 Å². The average molecular weight is 757 g/mol. The number of ether oxygens (including phenoxy) is 3. The number of carbonyl (C=O) groups is 1. The number of carbonyl (C=O) groups excluding carboxylic acids is 1. The molecule has 53 heavy (non-hydrogen) atoms. The summed E-state index contributed by atoms with van der Waals surface area (Å²) >= 11 is 12.6. The molecular formula is C40H36Cl2FN5O5. The Hall–Kier alpha value is -5.23. The van der Waals surface area contributed by atoms with Crippen LogP contribution in [0.5, 0.6) is 23.0 Å². The van der Waals surface area contributed by atoms with Gasteiger partial charge in [-0.1, -0.05) is 42.3 Å². The number of hydrogen-bond acceptors (Lipinski definition) is 8. The number of benzene rings is 4. The van der Waals surface area contributed by atoms with Crippen LogP contribution in [0.25, 0.3) is 27.5 Å². The topological polar surface area (TPSA) is 108 Å². The van der Waals surface area contributed by atoms with Gasteiger partial charge in [0.25, 0.3) is 5.91 Å². The van der Waals surface area contributed by atoms with Crippen LogP contribution in [0, 0.1) is 11.7 Å². The first-order valence-corrected chi connectivity index (χ1v) is 18.0. The Balaban J connectivity index is 1.08. The third-order valence-electron chi connectivity index (χ3n) is 9.29. The highest BCUT2D eigenvalue weighted by Crippen LogP contribution is 2.38. The summed E-state index contributed by atoms with van der Waals surface area (Å²) in [6.45, 7) is 6.06. The summed E-state index contributed by atoms with van der Waals surface area (Å²) in [5, 5.41) is 8.47. The monoisotopic (exact) mass is 755 g/mol. The molecule has 1 aliphatic heterocycles. The number of methoxy groups -OCH3 is 1. The second-order valence-corrected chi connectivity index (χ2v) is 13.8. The second-order valence-electron chi connectivity index (χ2n) is 13.0. The van der Waals surface area contributed by atoms with Crippen molar-refractivity contribution >= 4 is 56.6 Å².